The highest BCUT2D eigenvalue weighted by molar-refractivity contribution is 5.29. The molecule has 2 aliphatic rings. The van der Waals surface area contributed by atoms with E-state index in [1.54, 1.807) is 0 Å². The molecule has 2 rings (SSSR count). The van der Waals surface area contributed by atoms with Gasteiger partial charge in [0.1, 0.15) is 0 Å². The van der Waals surface area contributed by atoms with E-state index in [1.165, 1.54) is 12.8 Å². The number of hydrogen-bond acceptors (Lipinski definition) is 4. The molecule has 0 amide bonds. The Kier molecular flexibility index (Phi) is 4.81. The molecule has 4 heteroatoms. The summed E-state index contributed by atoms with van der Waals surface area (Å²) in [5.41, 5.74) is 6.17. The molecule has 4 nitrogen and oxygen atoms in total. The fourth-order valence-corrected chi connectivity index (χ4v) is 4.94. The zero-order valence-corrected chi connectivity index (χ0v) is 14.0. The van der Waals surface area contributed by atoms with E-state index in [2.05, 4.69) is 30.9 Å². The molecule has 5 unspecified atom stereocenters. The Hall–Kier alpha value is -0.450. The first-order chi connectivity index (χ1) is 9.83. The number of aliphatic hydroxyl groups excluding tert-OH is 1. The molecule has 2 saturated carbocycles. The minimum atomic E-state index is -0.353. The minimum Gasteiger partial charge on any atom is -0.391 e. The summed E-state index contributed by atoms with van der Waals surface area (Å²) in [7, 11) is 1.93. The largest absolute Gasteiger partial charge is 0.391 e. The monoisotopic (exact) mass is 295 g/mol. The van der Waals surface area contributed by atoms with Crippen LogP contribution in [0.5, 0.6) is 0 Å². The van der Waals surface area contributed by atoms with Crippen LogP contribution in [-0.4, -0.2) is 41.6 Å². The number of aliphatic hydroxyl groups is 1. The van der Waals surface area contributed by atoms with Gasteiger partial charge < -0.3 is 16.2 Å². The van der Waals surface area contributed by atoms with Crippen LogP contribution in [0.2, 0.25) is 0 Å². The maximum atomic E-state index is 10.6. The lowest BCUT2D eigenvalue weighted by molar-refractivity contribution is 0.0456. The van der Waals surface area contributed by atoms with Gasteiger partial charge in [-0.25, -0.2) is 0 Å². The number of nitrogens with two attached hydrogens (primary N) is 1. The summed E-state index contributed by atoms with van der Waals surface area (Å²) < 4.78 is 0. The lowest BCUT2D eigenvalue weighted by Gasteiger charge is -2.40. The zero-order chi connectivity index (χ0) is 15.7. The summed E-state index contributed by atoms with van der Waals surface area (Å²) in [5, 5.41) is 13.9. The summed E-state index contributed by atoms with van der Waals surface area (Å²) in [4.78, 5) is 4.59. The minimum absolute atomic E-state index is 0.0660. The molecule has 5 atom stereocenters. The Morgan fingerprint density at radius 1 is 1.43 bits per heavy atom. The van der Waals surface area contributed by atoms with Crippen LogP contribution in [0.1, 0.15) is 65.2 Å². The van der Waals surface area contributed by atoms with Crippen LogP contribution in [0.15, 0.2) is 4.99 Å². The second-order valence-electron chi connectivity index (χ2n) is 7.74. The van der Waals surface area contributed by atoms with E-state index in [0.29, 0.717) is 5.92 Å². The second-order valence-corrected chi connectivity index (χ2v) is 7.74. The van der Waals surface area contributed by atoms with Crippen molar-refractivity contribution in [2.24, 2.45) is 16.6 Å². The van der Waals surface area contributed by atoms with Crippen LogP contribution >= 0.6 is 0 Å². The maximum absolute atomic E-state index is 10.6. The first kappa shape index (κ1) is 16.9. The SMILES string of the molecule is C=NC12CCCC(O)C(C)(NC)CC(N)(CC1CCC)C2. The van der Waals surface area contributed by atoms with Crippen LogP contribution in [0.3, 0.4) is 0 Å². The van der Waals surface area contributed by atoms with Gasteiger partial charge in [0.2, 0.25) is 0 Å². The molecule has 4 N–H and O–H groups in total. The molecule has 0 radical (unpaired) electrons. The number of fused-ring (bicyclic) bond motifs is 2. The highest BCUT2D eigenvalue weighted by atomic mass is 16.3. The third-order valence-corrected chi connectivity index (χ3v) is 6.14. The average Bonchev–Trinajstić information content (AvgIpc) is 2.72. The Balaban J connectivity index is 2.34. The summed E-state index contributed by atoms with van der Waals surface area (Å²) in [6, 6.07) is 0. The van der Waals surface area contributed by atoms with Crippen molar-refractivity contribution >= 4 is 6.72 Å². The molecule has 122 valence electrons. The van der Waals surface area contributed by atoms with Crippen molar-refractivity contribution in [2.45, 2.75) is 87.9 Å². The van der Waals surface area contributed by atoms with Crippen molar-refractivity contribution in [1.82, 2.24) is 5.32 Å². The molecule has 0 aromatic carbocycles. The van der Waals surface area contributed by atoms with Gasteiger partial charge in [0.25, 0.3) is 0 Å². The van der Waals surface area contributed by atoms with Crippen LogP contribution in [-0.2, 0) is 0 Å². The quantitative estimate of drug-likeness (QED) is 0.697. The van der Waals surface area contributed by atoms with Gasteiger partial charge in [0.05, 0.1) is 11.6 Å². The molecule has 0 aromatic rings. The average molecular weight is 295 g/mol. The fourth-order valence-electron chi connectivity index (χ4n) is 4.94. The Morgan fingerprint density at radius 3 is 2.71 bits per heavy atom. The van der Waals surface area contributed by atoms with E-state index in [4.69, 9.17) is 5.73 Å². The van der Waals surface area contributed by atoms with Crippen LogP contribution in [0.25, 0.3) is 0 Å². The van der Waals surface area contributed by atoms with Crippen molar-refractivity contribution in [3.8, 4) is 0 Å². The Morgan fingerprint density at radius 2 is 2.14 bits per heavy atom. The molecule has 21 heavy (non-hydrogen) atoms. The molecule has 0 aliphatic heterocycles. The van der Waals surface area contributed by atoms with Crippen molar-refractivity contribution in [3.63, 3.8) is 0 Å². The molecule has 0 spiro atoms. The second kappa shape index (κ2) is 5.98. The molecular weight excluding hydrogens is 262 g/mol. The van der Waals surface area contributed by atoms with Crippen molar-refractivity contribution < 1.29 is 5.11 Å². The Labute approximate surface area is 129 Å². The topological polar surface area (TPSA) is 70.6 Å². The standard InChI is InChI=1S/C17H33N3O/c1-5-7-13-10-16(18)11-15(2,19-3)14(21)8-6-9-17(13,12-16)20-4/h13-14,19,21H,4-12,18H2,1-3H3. The van der Waals surface area contributed by atoms with Crippen LogP contribution < -0.4 is 11.1 Å². The number of nitrogens with one attached hydrogen (secondary N) is 1. The van der Waals surface area contributed by atoms with E-state index < -0.39 is 0 Å². The maximum Gasteiger partial charge on any atom is 0.0719 e. The molecule has 2 bridgehead atoms. The number of rotatable bonds is 4. The normalized spacial score (nSPS) is 47.5. The van der Waals surface area contributed by atoms with Gasteiger partial charge in [-0.2, -0.15) is 0 Å². The van der Waals surface area contributed by atoms with Crippen LogP contribution in [0, 0.1) is 5.92 Å². The van der Waals surface area contributed by atoms with Gasteiger partial charge in [0, 0.05) is 11.1 Å². The molecular formula is C17H33N3O. The number of aliphatic imine (C=N–C) groups is 1. The van der Waals surface area contributed by atoms with E-state index in [0.717, 1.165) is 38.5 Å². The van der Waals surface area contributed by atoms with E-state index in [9.17, 15) is 5.11 Å². The third kappa shape index (κ3) is 3.03. The smallest absolute Gasteiger partial charge is 0.0719 e. The van der Waals surface area contributed by atoms with E-state index in [1.807, 2.05) is 7.05 Å². The first-order valence-electron chi connectivity index (χ1n) is 8.47. The summed E-state index contributed by atoms with van der Waals surface area (Å²) in [6.45, 7) is 8.25. The first-order valence-corrected chi connectivity index (χ1v) is 8.47. The predicted molar refractivity (Wildman–Crippen MR) is 88.8 cm³/mol. The zero-order valence-electron chi connectivity index (χ0n) is 14.0. The van der Waals surface area contributed by atoms with Crippen molar-refractivity contribution in [3.05, 3.63) is 0 Å². The Bertz CT molecular complexity index is 388. The fraction of sp³-hybridized carbons (Fsp3) is 0.941. The molecule has 2 aliphatic carbocycles. The highest BCUT2D eigenvalue weighted by Gasteiger charge is 2.55. The van der Waals surface area contributed by atoms with Gasteiger partial charge in [-0.05, 0) is 71.6 Å². The molecule has 0 aromatic heterocycles. The predicted octanol–water partition coefficient (Wildman–Crippen LogP) is 2.25. The number of likely N-dealkylation sites (N-methyl/N-ethyl adjacent to an activating group) is 1. The van der Waals surface area contributed by atoms with Gasteiger partial charge in [-0.1, -0.05) is 13.3 Å². The molecule has 0 saturated heterocycles. The van der Waals surface area contributed by atoms with E-state index in [-0.39, 0.29) is 22.7 Å². The van der Waals surface area contributed by atoms with Crippen molar-refractivity contribution in [1.29, 1.82) is 0 Å². The third-order valence-electron chi connectivity index (χ3n) is 6.14. The number of hydrogen-bond donors (Lipinski definition) is 3. The van der Waals surface area contributed by atoms with Gasteiger partial charge in [0.15, 0.2) is 0 Å². The molecule has 2 fully saturated rings. The lowest BCUT2D eigenvalue weighted by atomic mass is 9.77. The lowest BCUT2D eigenvalue weighted by Crippen LogP contribution is -2.57. The van der Waals surface area contributed by atoms with Gasteiger partial charge in [-0.3, -0.25) is 4.99 Å². The van der Waals surface area contributed by atoms with Crippen LogP contribution in [0.4, 0.5) is 0 Å². The summed E-state index contributed by atoms with van der Waals surface area (Å²) in [6.07, 6.45) is 7.53. The molecule has 0 heterocycles. The summed E-state index contributed by atoms with van der Waals surface area (Å²) >= 11 is 0. The number of nitrogens with zero attached hydrogens (tertiary/aromatic N) is 1. The summed E-state index contributed by atoms with van der Waals surface area (Å²) in [5.74, 6) is 0.543. The van der Waals surface area contributed by atoms with Gasteiger partial charge >= 0.3 is 0 Å². The highest BCUT2D eigenvalue weighted by Crippen LogP contribution is 2.52. The van der Waals surface area contributed by atoms with E-state index >= 15 is 0 Å². The van der Waals surface area contributed by atoms with Crippen molar-refractivity contribution in [2.75, 3.05) is 7.05 Å². The van der Waals surface area contributed by atoms with Gasteiger partial charge in [-0.15, -0.1) is 0 Å².